The van der Waals surface area contributed by atoms with Gasteiger partial charge in [0.15, 0.2) is 0 Å². The number of anilines is 1. The summed E-state index contributed by atoms with van der Waals surface area (Å²) in [5, 5.41) is 19.0. The van der Waals surface area contributed by atoms with Gasteiger partial charge in [0.05, 0.1) is 11.8 Å². The molecule has 5 nitrogen and oxygen atoms in total. The average molecular weight is 245 g/mol. The van der Waals surface area contributed by atoms with Gasteiger partial charge in [0.25, 0.3) is 5.91 Å². The Bertz CT molecular complexity index is 575. The van der Waals surface area contributed by atoms with Crippen molar-refractivity contribution in [3.8, 4) is 5.75 Å². The number of rotatable bonds is 3. The van der Waals surface area contributed by atoms with Crippen molar-refractivity contribution >= 4 is 11.7 Å². The lowest BCUT2D eigenvalue weighted by Gasteiger charge is -2.07. The van der Waals surface area contributed by atoms with Crippen LogP contribution in [-0.4, -0.2) is 21.2 Å². The minimum Gasteiger partial charge on any atom is -0.507 e. The van der Waals surface area contributed by atoms with Crippen molar-refractivity contribution in [1.29, 1.82) is 0 Å². The number of phenols is 1. The Kier molecular flexibility index (Phi) is 3.32. The van der Waals surface area contributed by atoms with Gasteiger partial charge in [-0.25, -0.2) is 0 Å². The van der Waals surface area contributed by atoms with E-state index in [-0.39, 0.29) is 17.2 Å². The van der Waals surface area contributed by atoms with E-state index in [1.807, 2.05) is 13.8 Å². The molecule has 0 saturated heterocycles. The van der Waals surface area contributed by atoms with Gasteiger partial charge in [-0.05, 0) is 31.0 Å². The highest BCUT2D eigenvalue weighted by molar-refractivity contribution is 6.06. The van der Waals surface area contributed by atoms with Crippen LogP contribution in [0.25, 0.3) is 0 Å². The number of benzene rings is 1. The molecular formula is C13H15N3O2. The number of aromatic amines is 1. The van der Waals surface area contributed by atoms with Crippen LogP contribution in [0.15, 0.2) is 24.4 Å². The predicted molar refractivity (Wildman–Crippen MR) is 68.8 cm³/mol. The van der Waals surface area contributed by atoms with Gasteiger partial charge in [-0.3, -0.25) is 9.89 Å². The fourth-order valence-corrected chi connectivity index (χ4v) is 1.70. The molecule has 0 aliphatic rings. The van der Waals surface area contributed by atoms with Crippen molar-refractivity contribution in [3.63, 3.8) is 0 Å². The quantitative estimate of drug-likeness (QED) is 0.776. The van der Waals surface area contributed by atoms with Crippen LogP contribution in [0.3, 0.4) is 0 Å². The van der Waals surface area contributed by atoms with Crippen LogP contribution in [0, 0.1) is 6.92 Å². The van der Waals surface area contributed by atoms with Crippen molar-refractivity contribution in [2.75, 3.05) is 5.32 Å². The van der Waals surface area contributed by atoms with Gasteiger partial charge >= 0.3 is 0 Å². The zero-order chi connectivity index (χ0) is 13.1. The third-order valence-electron chi connectivity index (χ3n) is 2.74. The highest BCUT2D eigenvalue weighted by Gasteiger charge is 2.13. The van der Waals surface area contributed by atoms with E-state index in [9.17, 15) is 9.90 Å². The molecule has 0 radical (unpaired) electrons. The number of aromatic hydroxyl groups is 1. The van der Waals surface area contributed by atoms with Crippen molar-refractivity contribution in [2.45, 2.75) is 20.3 Å². The molecule has 0 bridgehead atoms. The van der Waals surface area contributed by atoms with Crippen LogP contribution < -0.4 is 5.32 Å². The van der Waals surface area contributed by atoms with Gasteiger partial charge in [0.1, 0.15) is 11.6 Å². The van der Waals surface area contributed by atoms with E-state index in [2.05, 4.69) is 15.5 Å². The number of nitrogens with zero attached hydrogens (tertiary/aromatic N) is 1. The van der Waals surface area contributed by atoms with Crippen molar-refractivity contribution < 1.29 is 9.90 Å². The molecule has 2 aromatic rings. The minimum absolute atomic E-state index is 0.0231. The molecule has 1 heterocycles. The number of aryl methyl sites for hydroxylation is 2. The second kappa shape index (κ2) is 4.91. The van der Waals surface area contributed by atoms with Crippen molar-refractivity contribution in [2.24, 2.45) is 0 Å². The monoisotopic (exact) mass is 245 g/mol. The van der Waals surface area contributed by atoms with E-state index >= 15 is 0 Å². The first kappa shape index (κ1) is 12.2. The highest BCUT2D eigenvalue weighted by Crippen LogP contribution is 2.20. The molecule has 0 aliphatic carbocycles. The maximum atomic E-state index is 12.0. The summed E-state index contributed by atoms with van der Waals surface area (Å²) in [4.78, 5) is 12.0. The Hall–Kier alpha value is -2.30. The molecule has 0 fully saturated rings. The van der Waals surface area contributed by atoms with E-state index < -0.39 is 0 Å². The number of amides is 1. The molecule has 0 spiro atoms. The normalized spacial score (nSPS) is 10.3. The Balaban J connectivity index is 2.22. The predicted octanol–water partition coefficient (Wildman–Crippen LogP) is 2.24. The molecular weight excluding hydrogens is 230 g/mol. The van der Waals surface area contributed by atoms with E-state index in [1.165, 1.54) is 0 Å². The lowest BCUT2D eigenvalue weighted by molar-refractivity contribution is 0.102. The molecule has 0 saturated carbocycles. The number of H-pyrrole nitrogens is 1. The van der Waals surface area contributed by atoms with Gasteiger partial charge in [-0.15, -0.1) is 0 Å². The SMILES string of the molecule is CCc1cn[nH]c1NC(=O)c1ccc(C)cc1O. The van der Waals surface area contributed by atoms with E-state index in [0.29, 0.717) is 5.82 Å². The molecule has 3 N–H and O–H groups in total. The highest BCUT2D eigenvalue weighted by atomic mass is 16.3. The van der Waals surface area contributed by atoms with Crippen LogP contribution >= 0.6 is 0 Å². The Labute approximate surface area is 105 Å². The maximum absolute atomic E-state index is 12.0. The number of nitrogens with one attached hydrogen (secondary N) is 2. The first-order valence-electron chi connectivity index (χ1n) is 5.75. The Morgan fingerprint density at radius 3 is 2.94 bits per heavy atom. The fraction of sp³-hybridized carbons (Fsp3) is 0.231. The lowest BCUT2D eigenvalue weighted by atomic mass is 10.1. The van der Waals surface area contributed by atoms with Crippen LogP contribution in [0.4, 0.5) is 5.82 Å². The molecule has 94 valence electrons. The maximum Gasteiger partial charge on any atom is 0.260 e. The summed E-state index contributed by atoms with van der Waals surface area (Å²) in [7, 11) is 0. The molecule has 0 atom stereocenters. The Morgan fingerprint density at radius 2 is 2.28 bits per heavy atom. The first-order valence-corrected chi connectivity index (χ1v) is 5.75. The van der Waals surface area contributed by atoms with E-state index in [1.54, 1.807) is 24.4 Å². The molecule has 5 heteroatoms. The van der Waals surface area contributed by atoms with Crippen LogP contribution in [0.2, 0.25) is 0 Å². The fourth-order valence-electron chi connectivity index (χ4n) is 1.70. The summed E-state index contributed by atoms with van der Waals surface area (Å²) in [6.07, 6.45) is 2.44. The third kappa shape index (κ3) is 2.34. The Morgan fingerprint density at radius 1 is 1.50 bits per heavy atom. The van der Waals surface area contributed by atoms with Crippen LogP contribution in [0.1, 0.15) is 28.4 Å². The van der Waals surface area contributed by atoms with E-state index in [4.69, 9.17) is 0 Å². The summed E-state index contributed by atoms with van der Waals surface area (Å²) in [6.45, 7) is 3.83. The molecule has 2 rings (SSSR count). The molecule has 18 heavy (non-hydrogen) atoms. The summed E-state index contributed by atoms with van der Waals surface area (Å²) >= 11 is 0. The second-order valence-electron chi connectivity index (χ2n) is 4.10. The number of hydrogen-bond donors (Lipinski definition) is 3. The summed E-state index contributed by atoms with van der Waals surface area (Å²) < 4.78 is 0. The van der Waals surface area contributed by atoms with Gasteiger partial charge < -0.3 is 10.4 Å². The molecule has 1 aromatic heterocycles. The number of carbonyl (C=O) groups is 1. The number of carbonyl (C=O) groups excluding carboxylic acids is 1. The zero-order valence-corrected chi connectivity index (χ0v) is 10.3. The third-order valence-corrected chi connectivity index (χ3v) is 2.74. The first-order chi connectivity index (χ1) is 8.61. The molecule has 0 unspecified atom stereocenters. The van der Waals surface area contributed by atoms with Crippen molar-refractivity contribution in [1.82, 2.24) is 10.2 Å². The van der Waals surface area contributed by atoms with Gasteiger partial charge in [0, 0.05) is 5.56 Å². The summed E-state index contributed by atoms with van der Waals surface area (Å²) in [6, 6.07) is 4.94. The van der Waals surface area contributed by atoms with Crippen LogP contribution in [-0.2, 0) is 6.42 Å². The second-order valence-corrected chi connectivity index (χ2v) is 4.10. The minimum atomic E-state index is -0.355. The average Bonchev–Trinajstić information content (AvgIpc) is 2.76. The topological polar surface area (TPSA) is 78.0 Å². The molecule has 0 aliphatic heterocycles. The summed E-state index contributed by atoms with van der Waals surface area (Å²) in [5.74, 6) is 0.194. The largest absolute Gasteiger partial charge is 0.507 e. The molecule has 1 aromatic carbocycles. The standard InChI is InChI=1S/C13H15N3O2/c1-3-9-7-14-16-12(9)15-13(18)10-5-4-8(2)6-11(10)17/h4-7,17H,3H2,1-2H3,(H2,14,15,16,18). The zero-order valence-electron chi connectivity index (χ0n) is 10.3. The van der Waals surface area contributed by atoms with Crippen molar-refractivity contribution in [3.05, 3.63) is 41.1 Å². The summed E-state index contributed by atoms with van der Waals surface area (Å²) in [5.41, 5.74) is 2.08. The lowest BCUT2D eigenvalue weighted by Crippen LogP contribution is -2.13. The smallest absolute Gasteiger partial charge is 0.260 e. The van der Waals surface area contributed by atoms with Gasteiger partial charge in [-0.1, -0.05) is 13.0 Å². The molecule has 1 amide bonds. The van der Waals surface area contributed by atoms with Gasteiger partial charge in [-0.2, -0.15) is 5.10 Å². The van der Waals surface area contributed by atoms with E-state index in [0.717, 1.165) is 17.5 Å². The number of hydrogen-bond acceptors (Lipinski definition) is 3. The number of aromatic nitrogens is 2. The van der Waals surface area contributed by atoms with Crippen LogP contribution in [0.5, 0.6) is 5.75 Å². The number of phenolic OH excluding ortho intramolecular Hbond substituents is 1. The van der Waals surface area contributed by atoms with Gasteiger partial charge in [0.2, 0.25) is 0 Å².